The number of hydrogen-bond acceptors (Lipinski definition) is 2. The highest BCUT2D eigenvalue weighted by Crippen LogP contribution is 2.39. The van der Waals surface area contributed by atoms with Crippen LogP contribution in [0.15, 0.2) is 36.4 Å². The second-order valence-corrected chi connectivity index (χ2v) is 12.4. The van der Waals surface area contributed by atoms with Gasteiger partial charge < -0.3 is 9.80 Å². The molecule has 2 saturated heterocycles. The van der Waals surface area contributed by atoms with Gasteiger partial charge in [0, 0.05) is 54.1 Å². The van der Waals surface area contributed by atoms with Crippen molar-refractivity contribution in [2.45, 2.75) is 69.5 Å². The summed E-state index contributed by atoms with van der Waals surface area (Å²) in [6.07, 6.45) is -1.66. The highest BCUT2D eigenvalue weighted by Gasteiger charge is 2.42. The van der Waals surface area contributed by atoms with E-state index in [0.717, 1.165) is 42.6 Å². The first-order valence-electron chi connectivity index (χ1n) is 14.0. The Morgan fingerprint density at radius 3 is 2.05 bits per heavy atom. The Balaban J connectivity index is 1.19. The third-order valence-electron chi connectivity index (χ3n) is 8.86. The Hall–Kier alpha value is -1.90. The molecule has 218 valence electrons. The lowest BCUT2D eigenvalue weighted by Crippen LogP contribution is -2.42. The van der Waals surface area contributed by atoms with E-state index in [4.69, 9.17) is 23.2 Å². The van der Waals surface area contributed by atoms with Gasteiger partial charge in [-0.3, -0.25) is 4.79 Å². The van der Waals surface area contributed by atoms with Crippen molar-refractivity contribution in [3.05, 3.63) is 57.6 Å². The molecule has 1 aliphatic carbocycles. The quantitative estimate of drug-likeness (QED) is 0.320. The van der Waals surface area contributed by atoms with E-state index < -0.39 is 18.0 Å². The zero-order valence-electron chi connectivity index (χ0n) is 22.1. The van der Waals surface area contributed by atoms with Crippen molar-refractivity contribution < 1.29 is 26.7 Å². The molecule has 0 N–H and O–H groups in total. The van der Waals surface area contributed by atoms with Crippen molar-refractivity contribution in [3.8, 4) is 11.1 Å². The monoisotopic (exact) mass is 602 g/mol. The number of carbonyl (C=O) groups excluding carboxylic acids is 1. The summed E-state index contributed by atoms with van der Waals surface area (Å²) < 4.78 is 65.9. The molecule has 1 atom stereocenters. The molecule has 0 bridgehead atoms. The summed E-state index contributed by atoms with van der Waals surface area (Å²) in [5.74, 6) is -3.79. The molecule has 0 aromatic heterocycles. The van der Waals surface area contributed by atoms with Crippen LogP contribution in [0.25, 0.3) is 11.1 Å². The maximum absolute atomic E-state index is 13.6. The standard InChI is InChI=1S/C30H33Cl2F5N2O/c31-26-16-22(20-1-3-21(4-2-20)28(40)38-13-8-23(9-14-38)30(35,36)37)17-27(32)25(26)15-19-7-12-39(18-19)24-5-10-29(33,34)11-6-24/h1-4,16-17,19,23-24H,5-15,18H2/t19-/m0/s1. The number of nitrogens with zero attached hydrogens (tertiary/aromatic N) is 2. The molecule has 2 aromatic carbocycles. The number of carbonyl (C=O) groups is 1. The number of rotatable bonds is 5. The molecule has 2 aromatic rings. The Morgan fingerprint density at radius 1 is 0.875 bits per heavy atom. The van der Waals surface area contributed by atoms with Gasteiger partial charge in [0.1, 0.15) is 0 Å². The van der Waals surface area contributed by atoms with E-state index in [-0.39, 0.29) is 50.7 Å². The van der Waals surface area contributed by atoms with Crippen molar-refractivity contribution >= 4 is 29.1 Å². The molecule has 1 amide bonds. The van der Waals surface area contributed by atoms with Crippen molar-refractivity contribution in [2.24, 2.45) is 11.8 Å². The van der Waals surface area contributed by atoms with E-state index in [1.165, 1.54) is 4.90 Å². The minimum absolute atomic E-state index is 0.0340. The van der Waals surface area contributed by atoms with E-state index in [1.54, 1.807) is 24.3 Å². The number of piperidine rings is 1. The fourth-order valence-corrected chi connectivity index (χ4v) is 7.04. The molecule has 1 saturated carbocycles. The highest BCUT2D eigenvalue weighted by atomic mass is 35.5. The maximum Gasteiger partial charge on any atom is 0.391 e. The first kappa shape index (κ1) is 29.6. The molecule has 2 heterocycles. The van der Waals surface area contributed by atoms with Crippen LogP contribution in [0.5, 0.6) is 0 Å². The normalized spacial score (nSPS) is 23.1. The third kappa shape index (κ3) is 6.76. The number of likely N-dealkylation sites (tertiary alicyclic amines) is 2. The van der Waals surface area contributed by atoms with Crippen LogP contribution in [-0.4, -0.2) is 60.0 Å². The minimum Gasteiger partial charge on any atom is -0.339 e. The molecule has 0 radical (unpaired) electrons. The van der Waals surface area contributed by atoms with E-state index in [9.17, 15) is 26.7 Å². The second kappa shape index (κ2) is 11.8. The molecule has 3 fully saturated rings. The molecule has 3 nitrogen and oxygen atoms in total. The molecule has 2 aliphatic heterocycles. The van der Waals surface area contributed by atoms with E-state index >= 15 is 0 Å². The van der Waals surface area contributed by atoms with Gasteiger partial charge in [-0.1, -0.05) is 35.3 Å². The lowest BCUT2D eigenvalue weighted by molar-refractivity contribution is -0.183. The van der Waals surface area contributed by atoms with Crippen molar-refractivity contribution in [1.29, 1.82) is 0 Å². The first-order valence-corrected chi connectivity index (χ1v) is 14.7. The fraction of sp³-hybridized carbons (Fsp3) is 0.567. The van der Waals surface area contributed by atoms with Crippen LogP contribution in [0.1, 0.15) is 60.9 Å². The highest BCUT2D eigenvalue weighted by molar-refractivity contribution is 6.36. The second-order valence-electron chi connectivity index (χ2n) is 11.5. The van der Waals surface area contributed by atoms with Crippen LogP contribution < -0.4 is 0 Å². The molecule has 5 rings (SSSR count). The summed E-state index contributed by atoms with van der Waals surface area (Å²) in [7, 11) is 0. The largest absolute Gasteiger partial charge is 0.391 e. The van der Waals surface area contributed by atoms with Gasteiger partial charge in [0.15, 0.2) is 0 Å². The first-order chi connectivity index (χ1) is 18.9. The summed E-state index contributed by atoms with van der Waals surface area (Å²) in [6, 6.07) is 10.9. The van der Waals surface area contributed by atoms with Gasteiger partial charge in [0.05, 0.1) is 5.92 Å². The SMILES string of the molecule is O=C(c1ccc(-c2cc(Cl)c(C[C@@H]3CCN(C4CCC(F)(F)CC4)C3)c(Cl)c2)cc1)N1CCC(C(F)(F)F)CC1. The van der Waals surface area contributed by atoms with Crippen LogP contribution in [0.4, 0.5) is 22.0 Å². The number of benzene rings is 2. The zero-order chi connectivity index (χ0) is 28.7. The Bertz CT molecular complexity index is 1180. The Labute approximate surface area is 241 Å². The minimum atomic E-state index is -4.22. The lowest BCUT2D eigenvalue weighted by Gasteiger charge is -2.34. The topological polar surface area (TPSA) is 23.6 Å². The van der Waals surface area contributed by atoms with Crippen LogP contribution in [0.2, 0.25) is 10.0 Å². The molecule has 3 aliphatic rings. The van der Waals surface area contributed by atoms with Gasteiger partial charge in [0.2, 0.25) is 5.92 Å². The van der Waals surface area contributed by atoms with Crippen LogP contribution in [0.3, 0.4) is 0 Å². The number of halogens is 7. The van der Waals surface area contributed by atoms with E-state index in [0.29, 0.717) is 34.4 Å². The van der Waals surface area contributed by atoms with Crippen molar-refractivity contribution in [3.63, 3.8) is 0 Å². The Kier molecular flexibility index (Phi) is 8.70. The van der Waals surface area contributed by atoms with Gasteiger partial charge in [-0.15, -0.1) is 0 Å². The smallest absolute Gasteiger partial charge is 0.339 e. The number of amides is 1. The fourth-order valence-electron chi connectivity index (χ4n) is 6.40. The molecular weight excluding hydrogens is 570 g/mol. The van der Waals surface area contributed by atoms with Gasteiger partial charge in [0.25, 0.3) is 5.91 Å². The molecule has 10 heteroatoms. The van der Waals surface area contributed by atoms with Crippen molar-refractivity contribution in [2.75, 3.05) is 26.2 Å². The molecule has 0 unspecified atom stereocenters. The average Bonchev–Trinajstić information content (AvgIpc) is 3.38. The summed E-state index contributed by atoms with van der Waals surface area (Å²) in [4.78, 5) is 16.7. The van der Waals surface area contributed by atoms with Gasteiger partial charge >= 0.3 is 6.18 Å². The molecule has 40 heavy (non-hydrogen) atoms. The molecular formula is C30H33Cl2F5N2O. The predicted molar refractivity (Wildman–Crippen MR) is 147 cm³/mol. The third-order valence-corrected chi connectivity index (χ3v) is 9.54. The van der Waals surface area contributed by atoms with Crippen LogP contribution in [0, 0.1) is 11.8 Å². The van der Waals surface area contributed by atoms with Crippen molar-refractivity contribution in [1.82, 2.24) is 9.80 Å². The summed E-state index contributed by atoms with van der Waals surface area (Å²) in [6.45, 7) is 1.94. The predicted octanol–water partition coefficient (Wildman–Crippen LogP) is 8.52. The lowest BCUT2D eigenvalue weighted by atomic mass is 9.91. The number of hydrogen-bond donors (Lipinski definition) is 0. The van der Waals surface area contributed by atoms with Crippen LogP contribution >= 0.6 is 23.2 Å². The van der Waals surface area contributed by atoms with E-state index in [2.05, 4.69) is 4.90 Å². The zero-order valence-corrected chi connectivity index (χ0v) is 23.6. The average molecular weight is 604 g/mol. The maximum atomic E-state index is 13.6. The summed E-state index contributed by atoms with van der Waals surface area (Å²) in [5.41, 5.74) is 2.93. The van der Waals surface area contributed by atoms with Gasteiger partial charge in [-0.25, -0.2) is 8.78 Å². The Morgan fingerprint density at radius 2 is 1.48 bits per heavy atom. The summed E-state index contributed by atoms with van der Waals surface area (Å²) in [5, 5.41) is 1.12. The number of alkyl halides is 5. The summed E-state index contributed by atoms with van der Waals surface area (Å²) >= 11 is 13.4. The van der Waals surface area contributed by atoms with Crippen LogP contribution in [-0.2, 0) is 6.42 Å². The van der Waals surface area contributed by atoms with E-state index in [1.807, 2.05) is 12.1 Å². The molecule has 0 spiro atoms. The van der Waals surface area contributed by atoms with Gasteiger partial charge in [-0.05, 0) is 91.9 Å². The van der Waals surface area contributed by atoms with Gasteiger partial charge in [-0.2, -0.15) is 13.2 Å².